The average Bonchev–Trinajstić information content (AvgIpc) is 2.61. The first-order valence-electron chi connectivity index (χ1n) is 5.90. The molecule has 2 fully saturated rings. The van der Waals surface area contributed by atoms with Crippen molar-refractivity contribution >= 4 is 65.8 Å². The van der Waals surface area contributed by atoms with E-state index in [0.29, 0.717) is 23.2 Å². The number of fused-ring (bicyclic) bond motifs is 1. The van der Waals surface area contributed by atoms with Gasteiger partial charge in [0.15, 0.2) is 0 Å². The number of hydrogen-bond acceptors (Lipinski definition) is 1. The molecule has 0 aromatic carbocycles. The molecule has 0 radical (unpaired) electrons. The van der Waals surface area contributed by atoms with Gasteiger partial charge >= 0.3 is 64.9 Å². The first-order chi connectivity index (χ1) is 7.84. The number of carbonyl (C=O) groups excluding carboxylic acids is 1. The fraction of sp³-hybridized carbons (Fsp3) is 0.909. The summed E-state index contributed by atoms with van der Waals surface area (Å²) in [7, 11) is 0. The molecule has 2 rings (SSSR count). The molecular weight excluding hydrogens is 594 g/mol. The summed E-state index contributed by atoms with van der Waals surface area (Å²) in [6.45, 7) is 5.51. The summed E-state index contributed by atoms with van der Waals surface area (Å²) < 4.78 is 0. The molecule has 0 aromatic rings. The molecule has 100 valence electrons. The van der Waals surface area contributed by atoms with Crippen LogP contribution in [0.15, 0.2) is 0 Å². The Morgan fingerprint density at radius 3 is 2.47 bits per heavy atom. The van der Waals surface area contributed by atoms with Gasteiger partial charge in [0.05, 0.1) is 0 Å². The normalized spacial score (nSPS) is 31.1. The van der Waals surface area contributed by atoms with Gasteiger partial charge in [-0.15, -0.1) is 0 Å². The van der Waals surface area contributed by atoms with Crippen molar-refractivity contribution in [3.8, 4) is 0 Å². The molecule has 2 aliphatic rings. The van der Waals surface area contributed by atoms with Gasteiger partial charge in [0, 0.05) is 12.5 Å². The summed E-state index contributed by atoms with van der Waals surface area (Å²) in [5.41, 5.74) is 0.361. The first-order valence-corrected chi connectivity index (χ1v) is 19.4. The van der Waals surface area contributed by atoms with E-state index in [4.69, 9.17) is 0 Å². The van der Waals surface area contributed by atoms with Crippen molar-refractivity contribution in [1.82, 2.24) is 5.32 Å². The fourth-order valence-corrected chi connectivity index (χ4v) is 3.03. The second-order valence-corrected chi connectivity index (χ2v) is 40.7. The predicted molar refractivity (Wildman–Crippen MR) is 94.3 cm³/mol. The Balaban J connectivity index is 0.000000317. The van der Waals surface area contributed by atoms with E-state index in [0.717, 1.165) is 19.4 Å². The third kappa shape index (κ3) is 5.63. The van der Waals surface area contributed by atoms with E-state index in [2.05, 4.69) is 79.1 Å². The minimum absolute atomic E-state index is 0.278. The van der Waals surface area contributed by atoms with Crippen molar-refractivity contribution in [2.24, 2.45) is 17.3 Å². The van der Waals surface area contributed by atoms with Gasteiger partial charge < -0.3 is 5.32 Å². The fourth-order valence-electron chi connectivity index (χ4n) is 3.03. The van der Waals surface area contributed by atoms with E-state index in [1.807, 2.05) is 0 Å². The number of carbonyl (C=O) groups is 1. The van der Waals surface area contributed by atoms with E-state index in [1.54, 1.807) is 0 Å². The molecule has 1 saturated heterocycles. The van der Waals surface area contributed by atoms with Gasteiger partial charge in [-0.2, -0.15) is 0 Å². The summed E-state index contributed by atoms with van der Waals surface area (Å²) in [5, 5.41) is 3.03. The molecule has 1 amide bonds. The summed E-state index contributed by atoms with van der Waals surface area (Å²) in [6.07, 6.45) is 4.75. The minimum atomic E-state index is -0.278. The van der Waals surface area contributed by atoms with Crippen LogP contribution in [0.25, 0.3) is 0 Å². The Morgan fingerprint density at radius 1 is 1.29 bits per heavy atom. The van der Waals surface area contributed by atoms with Crippen LogP contribution in [-0.2, 0) is 9.72 Å². The quantitative estimate of drug-likeness (QED) is 0.398. The zero-order valence-electron chi connectivity index (χ0n) is 10.2. The van der Waals surface area contributed by atoms with Gasteiger partial charge in [0.1, 0.15) is 0 Å². The Labute approximate surface area is 142 Å². The second kappa shape index (κ2) is 7.88. The van der Waals surface area contributed by atoms with Gasteiger partial charge in [-0.25, -0.2) is 0 Å². The van der Waals surface area contributed by atoms with Gasteiger partial charge in [-0.3, -0.25) is 4.79 Å². The maximum absolute atomic E-state index is 11.7. The molecule has 6 heteroatoms. The molecule has 1 heterocycles. The van der Waals surface area contributed by atoms with Crippen LogP contribution in [0, 0.1) is 17.3 Å². The van der Waals surface area contributed by atoms with Crippen LogP contribution >= 0.6 is 59.9 Å². The maximum atomic E-state index is 11.7. The molecule has 2 unspecified atom stereocenters. The van der Waals surface area contributed by atoms with Crippen molar-refractivity contribution in [3.63, 3.8) is 0 Å². The molecule has 0 bridgehead atoms. The van der Waals surface area contributed by atoms with Crippen LogP contribution in [0.4, 0.5) is 0 Å². The summed E-state index contributed by atoms with van der Waals surface area (Å²) >= 11 is 7.39. The van der Waals surface area contributed by atoms with Crippen LogP contribution < -0.4 is 5.32 Å². The average molecular weight is 613 g/mol. The molecule has 1 N–H and O–H groups in total. The SMILES string of the molecule is CC1(C)CCNC(=O)C2CCCC21.[I][V]([I])[I]. The van der Waals surface area contributed by atoms with Gasteiger partial charge in [-0.05, 0) is 30.6 Å². The van der Waals surface area contributed by atoms with Crippen molar-refractivity contribution < 1.29 is 9.72 Å². The number of amides is 1. The van der Waals surface area contributed by atoms with Gasteiger partial charge in [0.25, 0.3) is 0 Å². The predicted octanol–water partition coefficient (Wildman–Crippen LogP) is 4.60. The van der Waals surface area contributed by atoms with E-state index in [1.165, 1.54) is 12.8 Å². The Bertz CT molecular complexity index is 271. The molecule has 0 aromatic heterocycles. The van der Waals surface area contributed by atoms with E-state index in [9.17, 15) is 4.79 Å². The second-order valence-electron chi connectivity index (χ2n) is 5.37. The van der Waals surface area contributed by atoms with Crippen LogP contribution in [0.5, 0.6) is 0 Å². The molecular formula is C11H19I3NOV. The van der Waals surface area contributed by atoms with Crippen LogP contribution in [-0.4, -0.2) is 12.5 Å². The van der Waals surface area contributed by atoms with E-state index >= 15 is 0 Å². The van der Waals surface area contributed by atoms with E-state index < -0.39 is 0 Å². The van der Waals surface area contributed by atoms with Crippen molar-refractivity contribution in [1.29, 1.82) is 0 Å². The number of hydrogen-bond donors (Lipinski definition) is 1. The Hall–Kier alpha value is 2.24. The van der Waals surface area contributed by atoms with E-state index in [-0.39, 0.29) is 4.92 Å². The van der Waals surface area contributed by atoms with Crippen LogP contribution in [0.3, 0.4) is 0 Å². The Kier molecular flexibility index (Phi) is 8.01. The molecule has 1 aliphatic carbocycles. The summed E-state index contributed by atoms with van der Waals surface area (Å²) in [4.78, 5) is 11.4. The van der Waals surface area contributed by atoms with Crippen molar-refractivity contribution in [2.45, 2.75) is 39.5 Å². The topological polar surface area (TPSA) is 29.1 Å². The molecule has 17 heavy (non-hydrogen) atoms. The van der Waals surface area contributed by atoms with Gasteiger partial charge in [-0.1, -0.05) is 20.3 Å². The first kappa shape index (κ1) is 17.3. The zero-order chi connectivity index (χ0) is 13.1. The molecule has 2 atom stereocenters. The molecule has 2 nitrogen and oxygen atoms in total. The standard InChI is InChI=1S/C11H19NO.3HI.V/c1-11(2)6-7-12-10(13)8-4-3-5-9(8)11;;;;/h8-9H,3-7H2,1-2H3,(H,12,13);3*1H;/q;;;;+3/p-3. The van der Waals surface area contributed by atoms with Gasteiger partial charge in [0.2, 0.25) is 5.91 Å². The molecule has 1 aliphatic heterocycles. The Morgan fingerprint density at radius 2 is 1.88 bits per heavy atom. The molecule has 1 saturated carbocycles. The summed E-state index contributed by atoms with van der Waals surface area (Å²) in [6, 6.07) is 0. The monoisotopic (exact) mass is 613 g/mol. The third-order valence-corrected chi connectivity index (χ3v) is 3.93. The zero-order valence-corrected chi connectivity index (χ0v) is 18.0. The number of halogens is 3. The molecule has 0 spiro atoms. The third-order valence-electron chi connectivity index (χ3n) is 3.93. The van der Waals surface area contributed by atoms with Crippen molar-refractivity contribution in [3.05, 3.63) is 0 Å². The van der Waals surface area contributed by atoms with Crippen LogP contribution in [0.2, 0.25) is 0 Å². The van der Waals surface area contributed by atoms with Crippen LogP contribution in [0.1, 0.15) is 39.5 Å². The number of rotatable bonds is 0. The number of nitrogens with one attached hydrogen (secondary N) is 1. The van der Waals surface area contributed by atoms with Crippen molar-refractivity contribution in [2.75, 3.05) is 6.54 Å². The summed E-state index contributed by atoms with van der Waals surface area (Å²) in [5.74, 6) is 1.26.